The van der Waals surface area contributed by atoms with Gasteiger partial charge in [0.25, 0.3) is 5.91 Å². The molecule has 6 nitrogen and oxygen atoms in total. The van der Waals surface area contributed by atoms with Gasteiger partial charge in [0, 0.05) is 10.7 Å². The van der Waals surface area contributed by atoms with Gasteiger partial charge in [-0.3, -0.25) is 9.47 Å². The average molecular weight is 248 g/mol. The van der Waals surface area contributed by atoms with Crippen molar-refractivity contribution in [2.45, 2.75) is 0 Å². The van der Waals surface area contributed by atoms with E-state index in [1.165, 1.54) is 12.3 Å². The maximum atomic E-state index is 10.8. The van der Waals surface area contributed by atoms with Crippen LogP contribution < -0.4 is 11.2 Å². The summed E-state index contributed by atoms with van der Waals surface area (Å²) >= 11 is 3.08. The van der Waals surface area contributed by atoms with Crippen LogP contribution in [0.3, 0.4) is 0 Å². The third-order valence-corrected chi connectivity index (χ3v) is 1.69. The summed E-state index contributed by atoms with van der Waals surface area (Å²) in [4.78, 5) is 21.0. The lowest BCUT2D eigenvalue weighted by atomic mass is 10.4. The highest BCUT2D eigenvalue weighted by atomic mass is 79.9. The van der Waals surface area contributed by atoms with Crippen molar-refractivity contribution in [1.82, 2.24) is 4.68 Å². The smallest absolute Gasteiger partial charge is 0.423 e. The van der Waals surface area contributed by atoms with Gasteiger partial charge >= 0.3 is 6.09 Å². The molecule has 0 aliphatic heterocycles. The summed E-state index contributed by atoms with van der Waals surface area (Å²) in [5, 5.41) is 8.38. The van der Waals surface area contributed by atoms with Gasteiger partial charge in [-0.05, 0) is 22.0 Å². The van der Waals surface area contributed by atoms with Gasteiger partial charge in [-0.25, -0.2) is 10.2 Å². The number of hydrogen-bond acceptors (Lipinski definition) is 2. The van der Waals surface area contributed by atoms with Crippen molar-refractivity contribution in [2.24, 2.45) is 5.73 Å². The number of hydrogen-bond donors (Lipinski definition) is 3. The van der Waals surface area contributed by atoms with E-state index in [2.05, 4.69) is 15.9 Å². The van der Waals surface area contributed by atoms with E-state index in [0.717, 1.165) is 4.68 Å². The van der Waals surface area contributed by atoms with Crippen molar-refractivity contribution in [1.29, 1.82) is 0 Å². The summed E-state index contributed by atoms with van der Waals surface area (Å²) in [7, 11) is 0. The molecule has 7 heteroatoms. The molecule has 0 radical (unpaired) electrons. The molecule has 1 heterocycles. The van der Waals surface area contributed by atoms with Gasteiger partial charge in [0.2, 0.25) is 0 Å². The number of rotatable bonds is 2. The molecule has 2 amide bonds. The highest BCUT2D eigenvalue weighted by Crippen LogP contribution is 2.12. The van der Waals surface area contributed by atoms with Crippen molar-refractivity contribution in [3.8, 4) is 0 Å². The Morgan fingerprint density at radius 3 is 2.69 bits per heavy atom. The van der Waals surface area contributed by atoms with Gasteiger partial charge in [-0.15, -0.1) is 0 Å². The Morgan fingerprint density at radius 1 is 1.62 bits per heavy atom. The average Bonchev–Trinajstić information content (AvgIpc) is 2.29. The minimum atomic E-state index is -1.27. The van der Waals surface area contributed by atoms with Crippen LogP contribution in [0.25, 0.3) is 0 Å². The molecule has 1 aromatic heterocycles. The van der Waals surface area contributed by atoms with E-state index in [4.69, 9.17) is 10.8 Å². The van der Waals surface area contributed by atoms with Crippen LogP contribution in [0.2, 0.25) is 0 Å². The number of nitrogens with one attached hydrogen (secondary N) is 1. The van der Waals surface area contributed by atoms with Crippen LogP contribution in [0.15, 0.2) is 16.7 Å². The molecule has 0 aromatic carbocycles. The minimum Gasteiger partial charge on any atom is -0.464 e. The number of halogens is 1. The molecule has 0 fully saturated rings. The second kappa shape index (κ2) is 3.48. The lowest BCUT2D eigenvalue weighted by molar-refractivity contribution is 0.0993. The summed E-state index contributed by atoms with van der Waals surface area (Å²) in [6.45, 7) is 0. The van der Waals surface area contributed by atoms with E-state index >= 15 is 0 Å². The molecule has 0 saturated carbocycles. The standard InChI is InChI=1S/C6H6BrN3O3/c7-3-1-4(5(8)11)10(2-3)9-6(12)13/h1-2,9H,(H2,8,11)(H,12,13). The molecule has 4 N–H and O–H groups in total. The van der Waals surface area contributed by atoms with E-state index in [1.54, 1.807) is 0 Å². The summed E-state index contributed by atoms with van der Waals surface area (Å²) in [5.41, 5.74) is 7.03. The molecule has 0 saturated heterocycles. The Kier molecular flexibility index (Phi) is 2.57. The third kappa shape index (κ3) is 2.22. The summed E-state index contributed by atoms with van der Waals surface area (Å²) in [6.07, 6.45) is 0.111. The highest BCUT2D eigenvalue weighted by molar-refractivity contribution is 9.10. The van der Waals surface area contributed by atoms with Crippen molar-refractivity contribution in [3.63, 3.8) is 0 Å². The van der Waals surface area contributed by atoms with E-state index in [9.17, 15) is 9.59 Å². The second-order valence-corrected chi connectivity index (χ2v) is 3.11. The van der Waals surface area contributed by atoms with Gasteiger partial charge in [0.1, 0.15) is 5.69 Å². The first kappa shape index (κ1) is 9.59. The normalized spacial score (nSPS) is 9.62. The van der Waals surface area contributed by atoms with Crippen LogP contribution in [0.1, 0.15) is 10.5 Å². The number of amides is 2. The van der Waals surface area contributed by atoms with Crippen molar-refractivity contribution < 1.29 is 14.7 Å². The number of carbonyl (C=O) groups excluding carboxylic acids is 1. The Bertz CT molecular complexity index is 360. The van der Waals surface area contributed by atoms with Gasteiger partial charge in [0.15, 0.2) is 0 Å². The zero-order chi connectivity index (χ0) is 10.0. The van der Waals surface area contributed by atoms with Gasteiger partial charge in [0.05, 0.1) is 0 Å². The number of primary amides is 1. The molecular formula is C6H6BrN3O3. The molecule has 70 valence electrons. The Hall–Kier alpha value is -1.50. The van der Waals surface area contributed by atoms with Crippen LogP contribution in [0, 0.1) is 0 Å². The zero-order valence-corrected chi connectivity index (χ0v) is 7.91. The van der Waals surface area contributed by atoms with Gasteiger partial charge in [-0.2, -0.15) is 0 Å². The van der Waals surface area contributed by atoms with E-state index in [0.29, 0.717) is 4.47 Å². The number of carbonyl (C=O) groups is 2. The largest absolute Gasteiger partial charge is 0.464 e. The molecule has 0 spiro atoms. The van der Waals surface area contributed by atoms with Crippen LogP contribution in [0.4, 0.5) is 4.79 Å². The fraction of sp³-hybridized carbons (Fsp3) is 0. The van der Waals surface area contributed by atoms with Gasteiger partial charge < -0.3 is 10.8 Å². The first-order valence-corrected chi connectivity index (χ1v) is 3.97. The predicted molar refractivity (Wildman–Crippen MR) is 48.0 cm³/mol. The van der Waals surface area contributed by atoms with Crippen LogP contribution in [-0.4, -0.2) is 21.8 Å². The monoisotopic (exact) mass is 247 g/mol. The van der Waals surface area contributed by atoms with Crippen LogP contribution in [0.5, 0.6) is 0 Å². The number of carboxylic acid groups (broad SMARTS) is 1. The fourth-order valence-electron chi connectivity index (χ4n) is 0.816. The first-order chi connectivity index (χ1) is 6.00. The summed E-state index contributed by atoms with van der Waals surface area (Å²) in [6, 6.07) is 1.41. The Balaban J connectivity index is 3.04. The molecule has 1 rings (SSSR count). The van der Waals surface area contributed by atoms with Crippen LogP contribution >= 0.6 is 15.9 Å². The van der Waals surface area contributed by atoms with Crippen molar-refractivity contribution >= 4 is 27.9 Å². The predicted octanol–water partition coefficient (Wildman–Crippen LogP) is 0.571. The Morgan fingerprint density at radius 2 is 2.23 bits per heavy atom. The third-order valence-electron chi connectivity index (χ3n) is 1.26. The molecular weight excluding hydrogens is 242 g/mol. The quantitative estimate of drug-likeness (QED) is 0.713. The maximum Gasteiger partial charge on any atom is 0.423 e. The molecule has 0 aliphatic carbocycles. The topological polar surface area (TPSA) is 97.4 Å². The first-order valence-electron chi connectivity index (χ1n) is 3.18. The highest BCUT2D eigenvalue weighted by Gasteiger charge is 2.10. The summed E-state index contributed by atoms with van der Waals surface area (Å²) in [5.74, 6) is -0.709. The van der Waals surface area contributed by atoms with E-state index < -0.39 is 12.0 Å². The fourth-order valence-corrected chi connectivity index (χ4v) is 1.24. The maximum absolute atomic E-state index is 10.8. The molecule has 0 aliphatic rings. The lowest BCUT2D eigenvalue weighted by Gasteiger charge is -2.03. The second-order valence-electron chi connectivity index (χ2n) is 2.19. The minimum absolute atomic E-state index is 0.0641. The number of aromatic nitrogens is 1. The number of nitrogens with zero attached hydrogens (tertiary/aromatic N) is 1. The van der Waals surface area contributed by atoms with Crippen molar-refractivity contribution in [3.05, 3.63) is 22.4 Å². The molecule has 13 heavy (non-hydrogen) atoms. The molecule has 0 atom stereocenters. The molecule has 1 aromatic rings. The van der Waals surface area contributed by atoms with Crippen molar-refractivity contribution in [2.75, 3.05) is 5.43 Å². The zero-order valence-electron chi connectivity index (χ0n) is 6.32. The number of nitrogens with two attached hydrogens (primary N) is 1. The van der Waals surface area contributed by atoms with Gasteiger partial charge in [-0.1, -0.05) is 0 Å². The molecule has 0 unspecified atom stereocenters. The molecule has 0 bridgehead atoms. The van der Waals surface area contributed by atoms with E-state index in [-0.39, 0.29) is 5.69 Å². The van der Waals surface area contributed by atoms with E-state index in [1.807, 2.05) is 5.43 Å². The van der Waals surface area contributed by atoms with Crippen LogP contribution in [-0.2, 0) is 0 Å². The SMILES string of the molecule is NC(=O)c1cc(Br)cn1NC(=O)O. The lowest BCUT2D eigenvalue weighted by Crippen LogP contribution is -2.26. The Labute approximate surface area is 81.4 Å². The summed E-state index contributed by atoms with van der Waals surface area (Å²) < 4.78 is 1.59.